The lowest BCUT2D eigenvalue weighted by Crippen LogP contribution is -2.42. The second-order valence-corrected chi connectivity index (χ2v) is 6.71. The van der Waals surface area contributed by atoms with Crippen molar-refractivity contribution in [3.05, 3.63) is 53.6 Å². The van der Waals surface area contributed by atoms with Gasteiger partial charge in [-0.1, -0.05) is 50.2 Å². The maximum Gasteiger partial charge on any atom is 0.124 e. The molecule has 1 nitrogen and oxygen atoms in total. The van der Waals surface area contributed by atoms with E-state index in [0.717, 1.165) is 5.75 Å². The van der Waals surface area contributed by atoms with Crippen LogP contribution in [0.2, 0.25) is 0 Å². The maximum absolute atomic E-state index is 6.18. The van der Waals surface area contributed by atoms with Crippen molar-refractivity contribution >= 4 is 0 Å². The van der Waals surface area contributed by atoms with Crippen LogP contribution in [0.1, 0.15) is 38.8 Å². The number of hydrogen-bond donors (Lipinski definition) is 0. The van der Waals surface area contributed by atoms with Crippen molar-refractivity contribution in [3.8, 4) is 16.9 Å². The number of fused-ring (bicyclic) bond motifs is 1. The quantitative estimate of drug-likeness (QED) is 0.697. The summed E-state index contributed by atoms with van der Waals surface area (Å²) in [4.78, 5) is 0. The molecule has 20 heavy (non-hydrogen) atoms. The van der Waals surface area contributed by atoms with E-state index in [-0.39, 0.29) is 11.0 Å². The van der Waals surface area contributed by atoms with Crippen LogP contribution in [0.4, 0.5) is 0 Å². The molecule has 1 aliphatic rings. The summed E-state index contributed by atoms with van der Waals surface area (Å²) < 4.78 is 6.18. The summed E-state index contributed by atoms with van der Waals surface area (Å²) in [5, 5.41) is 0. The van der Waals surface area contributed by atoms with Crippen LogP contribution >= 0.6 is 0 Å². The van der Waals surface area contributed by atoms with E-state index in [2.05, 4.69) is 77.1 Å². The maximum atomic E-state index is 6.18. The lowest BCUT2D eigenvalue weighted by atomic mass is 9.71. The van der Waals surface area contributed by atoms with E-state index >= 15 is 0 Å². The minimum atomic E-state index is -0.171. The Hall–Kier alpha value is -1.76. The van der Waals surface area contributed by atoms with Gasteiger partial charge in [0.15, 0.2) is 0 Å². The Bertz CT molecular complexity index is 651. The Morgan fingerprint density at radius 1 is 0.850 bits per heavy atom. The Morgan fingerprint density at radius 3 is 2.15 bits per heavy atom. The fourth-order valence-corrected chi connectivity index (χ4v) is 3.18. The first-order chi connectivity index (χ1) is 9.34. The van der Waals surface area contributed by atoms with Crippen LogP contribution in [0.5, 0.6) is 5.75 Å². The van der Waals surface area contributed by atoms with Crippen LogP contribution in [0.15, 0.2) is 42.5 Å². The highest BCUT2D eigenvalue weighted by Crippen LogP contribution is 2.51. The van der Waals surface area contributed by atoms with E-state index in [0.29, 0.717) is 0 Å². The third-order valence-electron chi connectivity index (χ3n) is 5.01. The summed E-state index contributed by atoms with van der Waals surface area (Å²) in [5.41, 5.74) is 5.10. The molecule has 1 heteroatoms. The summed E-state index contributed by atoms with van der Waals surface area (Å²) in [6.45, 7) is 11.1. The van der Waals surface area contributed by atoms with E-state index in [1.54, 1.807) is 0 Å². The third-order valence-corrected chi connectivity index (χ3v) is 5.01. The largest absolute Gasteiger partial charge is 0.487 e. The van der Waals surface area contributed by atoms with Crippen LogP contribution in [-0.2, 0) is 5.41 Å². The summed E-state index contributed by atoms with van der Waals surface area (Å²) >= 11 is 0. The summed E-state index contributed by atoms with van der Waals surface area (Å²) in [6.07, 6.45) is 0. The second kappa shape index (κ2) is 4.12. The van der Waals surface area contributed by atoms with Gasteiger partial charge in [0, 0.05) is 11.0 Å². The van der Waals surface area contributed by atoms with Gasteiger partial charge in [-0.05, 0) is 43.5 Å². The van der Waals surface area contributed by atoms with Crippen molar-refractivity contribution in [2.75, 3.05) is 0 Å². The SMILES string of the molecule is Cc1c(-c2ccccc2)ccc2c1C(C)(C)C(C)(C)O2. The van der Waals surface area contributed by atoms with Crippen molar-refractivity contribution < 1.29 is 4.74 Å². The van der Waals surface area contributed by atoms with Crippen LogP contribution in [-0.4, -0.2) is 5.60 Å². The van der Waals surface area contributed by atoms with Crippen molar-refractivity contribution in [2.45, 2.75) is 45.6 Å². The third kappa shape index (κ3) is 1.69. The Kier molecular flexibility index (Phi) is 2.72. The van der Waals surface area contributed by atoms with Crippen LogP contribution in [0.3, 0.4) is 0 Å². The zero-order chi connectivity index (χ0) is 14.5. The highest BCUT2D eigenvalue weighted by atomic mass is 16.5. The van der Waals surface area contributed by atoms with Crippen LogP contribution < -0.4 is 4.74 Å². The van der Waals surface area contributed by atoms with Gasteiger partial charge in [0.25, 0.3) is 0 Å². The van der Waals surface area contributed by atoms with Crippen molar-refractivity contribution in [2.24, 2.45) is 0 Å². The molecule has 0 bridgehead atoms. The monoisotopic (exact) mass is 266 g/mol. The summed E-state index contributed by atoms with van der Waals surface area (Å²) in [6, 6.07) is 14.9. The van der Waals surface area contributed by atoms with Gasteiger partial charge in [-0.2, -0.15) is 0 Å². The molecular formula is C19H22O. The molecule has 0 atom stereocenters. The first-order valence-electron chi connectivity index (χ1n) is 7.23. The lowest BCUT2D eigenvalue weighted by Gasteiger charge is -2.34. The van der Waals surface area contributed by atoms with Crippen molar-refractivity contribution in [1.29, 1.82) is 0 Å². The molecule has 0 amide bonds. The molecule has 3 rings (SSSR count). The van der Waals surface area contributed by atoms with E-state index in [4.69, 9.17) is 4.74 Å². The molecule has 0 saturated carbocycles. The number of rotatable bonds is 1. The Balaban J connectivity index is 2.23. The summed E-state index contributed by atoms with van der Waals surface area (Å²) in [5.74, 6) is 1.04. The van der Waals surface area contributed by atoms with Gasteiger partial charge in [0.2, 0.25) is 0 Å². The van der Waals surface area contributed by atoms with Gasteiger partial charge in [0.1, 0.15) is 11.4 Å². The number of benzene rings is 2. The number of hydrogen-bond acceptors (Lipinski definition) is 1. The standard InChI is InChI=1S/C19H22O/c1-13-15(14-9-7-6-8-10-14)11-12-16-17(13)18(2,3)19(4,5)20-16/h6-12H,1-5H3. The van der Waals surface area contributed by atoms with Gasteiger partial charge in [-0.15, -0.1) is 0 Å². The number of ether oxygens (including phenoxy) is 1. The van der Waals surface area contributed by atoms with E-state index in [1.165, 1.54) is 22.3 Å². The molecule has 1 aliphatic heterocycles. The molecule has 0 N–H and O–H groups in total. The topological polar surface area (TPSA) is 9.23 Å². The molecular weight excluding hydrogens is 244 g/mol. The molecule has 0 unspecified atom stereocenters. The molecule has 0 spiro atoms. The average molecular weight is 266 g/mol. The first-order valence-corrected chi connectivity index (χ1v) is 7.23. The van der Waals surface area contributed by atoms with E-state index in [9.17, 15) is 0 Å². The fourth-order valence-electron chi connectivity index (χ4n) is 3.18. The highest BCUT2D eigenvalue weighted by molar-refractivity contribution is 5.72. The fraction of sp³-hybridized carbons (Fsp3) is 0.368. The van der Waals surface area contributed by atoms with Crippen molar-refractivity contribution in [3.63, 3.8) is 0 Å². The van der Waals surface area contributed by atoms with Gasteiger partial charge >= 0.3 is 0 Å². The van der Waals surface area contributed by atoms with Crippen LogP contribution in [0.25, 0.3) is 11.1 Å². The Morgan fingerprint density at radius 2 is 1.50 bits per heavy atom. The zero-order valence-electron chi connectivity index (χ0n) is 12.9. The van der Waals surface area contributed by atoms with Gasteiger partial charge < -0.3 is 4.74 Å². The molecule has 2 aromatic rings. The predicted molar refractivity (Wildman–Crippen MR) is 84.3 cm³/mol. The molecule has 104 valence electrons. The second-order valence-electron chi connectivity index (χ2n) is 6.71. The van der Waals surface area contributed by atoms with Crippen LogP contribution in [0, 0.1) is 6.92 Å². The molecule has 2 aromatic carbocycles. The zero-order valence-corrected chi connectivity index (χ0v) is 12.9. The van der Waals surface area contributed by atoms with Gasteiger partial charge in [-0.3, -0.25) is 0 Å². The molecule has 1 heterocycles. The molecule has 0 saturated heterocycles. The summed E-state index contributed by atoms with van der Waals surface area (Å²) in [7, 11) is 0. The molecule has 0 fully saturated rings. The van der Waals surface area contributed by atoms with Gasteiger partial charge in [0.05, 0.1) is 0 Å². The highest BCUT2D eigenvalue weighted by Gasteiger charge is 2.49. The lowest BCUT2D eigenvalue weighted by molar-refractivity contribution is 0.0711. The Labute approximate surface area is 121 Å². The van der Waals surface area contributed by atoms with Crippen molar-refractivity contribution in [1.82, 2.24) is 0 Å². The predicted octanol–water partition coefficient (Wildman–Crippen LogP) is 5.11. The van der Waals surface area contributed by atoms with Gasteiger partial charge in [-0.25, -0.2) is 0 Å². The minimum Gasteiger partial charge on any atom is -0.487 e. The minimum absolute atomic E-state index is 0.0111. The molecule has 0 aromatic heterocycles. The first kappa shape index (κ1) is 13.2. The van der Waals surface area contributed by atoms with E-state index < -0.39 is 0 Å². The smallest absolute Gasteiger partial charge is 0.124 e. The van der Waals surface area contributed by atoms with E-state index in [1.807, 2.05) is 0 Å². The normalized spacial score (nSPS) is 18.4. The molecule has 0 aliphatic carbocycles. The average Bonchev–Trinajstić information content (AvgIpc) is 2.57. The molecule has 0 radical (unpaired) electrons.